The van der Waals surface area contributed by atoms with E-state index in [0.29, 0.717) is 39.0 Å². The first kappa shape index (κ1) is 23.9. The maximum absolute atomic E-state index is 12.8. The molecule has 2 saturated heterocycles. The summed E-state index contributed by atoms with van der Waals surface area (Å²) in [7, 11) is 2.17. The van der Waals surface area contributed by atoms with Gasteiger partial charge in [0.25, 0.3) is 0 Å². The number of carbonyl (C=O) groups is 2. The van der Waals surface area contributed by atoms with Crippen molar-refractivity contribution in [1.82, 2.24) is 19.7 Å². The van der Waals surface area contributed by atoms with E-state index in [1.54, 1.807) is 11.3 Å². The van der Waals surface area contributed by atoms with Gasteiger partial charge in [0.15, 0.2) is 0 Å². The van der Waals surface area contributed by atoms with Crippen LogP contribution in [0.2, 0.25) is 0 Å². The van der Waals surface area contributed by atoms with Crippen molar-refractivity contribution in [2.45, 2.75) is 32.7 Å². The molecule has 2 aliphatic heterocycles. The highest BCUT2D eigenvalue weighted by molar-refractivity contribution is 7.13. The van der Waals surface area contributed by atoms with Gasteiger partial charge in [-0.2, -0.15) is 0 Å². The van der Waals surface area contributed by atoms with Crippen LogP contribution in [0.3, 0.4) is 0 Å². The van der Waals surface area contributed by atoms with Crippen LogP contribution < -0.4 is 0 Å². The Bertz CT molecular complexity index is 947. The van der Waals surface area contributed by atoms with Crippen molar-refractivity contribution in [3.05, 3.63) is 40.9 Å². The Labute approximate surface area is 200 Å². The number of ether oxygens (including phenoxy) is 1. The molecule has 8 heteroatoms. The largest absolute Gasteiger partial charge is 0.466 e. The smallest absolute Gasteiger partial charge is 0.309 e. The summed E-state index contributed by atoms with van der Waals surface area (Å²) in [6.45, 7) is 8.82. The molecule has 2 fully saturated rings. The molecule has 0 aliphatic carbocycles. The predicted octanol–water partition coefficient (Wildman–Crippen LogP) is 2.90. The van der Waals surface area contributed by atoms with Gasteiger partial charge in [-0.1, -0.05) is 18.2 Å². The lowest BCUT2D eigenvalue weighted by molar-refractivity contribution is -0.151. The van der Waals surface area contributed by atoms with Crippen LogP contribution in [0.25, 0.3) is 10.6 Å². The van der Waals surface area contributed by atoms with Gasteiger partial charge >= 0.3 is 5.97 Å². The Morgan fingerprint density at radius 1 is 1.12 bits per heavy atom. The van der Waals surface area contributed by atoms with E-state index >= 15 is 0 Å². The van der Waals surface area contributed by atoms with Crippen molar-refractivity contribution < 1.29 is 14.3 Å². The van der Waals surface area contributed by atoms with Crippen molar-refractivity contribution in [1.29, 1.82) is 0 Å². The molecular weight excluding hydrogens is 436 g/mol. The fraction of sp³-hybridized carbons (Fsp3) is 0.560. The number of aromatic nitrogens is 1. The zero-order valence-corrected chi connectivity index (χ0v) is 20.5. The summed E-state index contributed by atoms with van der Waals surface area (Å²) in [5, 5.41) is 2.95. The molecule has 7 nitrogen and oxygen atoms in total. The van der Waals surface area contributed by atoms with Crippen LogP contribution in [0.1, 0.15) is 31.0 Å². The van der Waals surface area contributed by atoms with Crippen molar-refractivity contribution in [3.63, 3.8) is 0 Å². The fourth-order valence-corrected chi connectivity index (χ4v) is 5.30. The summed E-state index contributed by atoms with van der Waals surface area (Å²) in [4.78, 5) is 36.2. The van der Waals surface area contributed by atoms with E-state index in [1.807, 2.05) is 17.2 Å². The first-order valence-electron chi connectivity index (χ1n) is 11.9. The first-order valence-corrected chi connectivity index (χ1v) is 12.8. The number of likely N-dealkylation sites (tertiary alicyclic amines) is 1. The Hall–Kier alpha value is -2.29. The molecule has 1 amide bonds. The summed E-state index contributed by atoms with van der Waals surface area (Å²) in [5.41, 5.74) is 3.23. The van der Waals surface area contributed by atoms with Gasteiger partial charge in [-0.15, -0.1) is 11.3 Å². The SMILES string of the molecule is CCOC(=O)C1CCN(C(=O)Cc2csc(-c3cccc(CN4CCN(C)CC4)c3)n2)CC1. The summed E-state index contributed by atoms with van der Waals surface area (Å²) in [5.74, 6) is -0.139. The highest BCUT2D eigenvalue weighted by Crippen LogP contribution is 2.26. The van der Waals surface area contributed by atoms with E-state index in [9.17, 15) is 9.59 Å². The summed E-state index contributed by atoms with van der Waals surface area (Å²) < 4.78 is 5.12. The number of carbonyl (C=O) groups excluding carboxylic acids is 2. The Morgan fingerprint density at radius 3 is 2.61 bits per heavy atom. The molecule has 2 aliphatic rings. The van der Waals surface area contributed by atoms with Crippen LogP contribution in [-0.4, -0.2) is 84.5 Å². The topological polar surface area (TPSA) is 66.0 Å². The van der Waals surface area contributed by atoms with E-state index in [-0.39, 0.29) is 17.8 Å². The molecule has 0 radical (unpaired) electrons. The molecule has 2 aromatic rings. The molecule has 0 unspecified atom stereocenters. The van der Waals surface area contributed by atoms with Crippen molar-refractivity contribution in [3.8, 4) is 10.6 Å². The lowest BCUT2D eigenvalue weighted by atomic mass is 9.97. The number of likely N-dealkylation sites (N-methyl/N-ethyl adjacent to an activating group) is 1. The van der Waals surface area contributed by atoms with Crippen molar-refractivity contribution >= 4 is 23.2 Å². The second-order valence-electron chi connectivity index (χ2n) is 9.01. The van der Waals surface area contributed by atoms with E-state index in [2.05, 4.69) is 41.1 Å². The van der Waals surface area contributed by atoms with Gasteiger partial charge in [0.1, 0.15) is 5.01 Å². The minimum Gasteiger partial charge on any atom is -0.466 e. The number of esters is 1. The molecule has 1 aromatic heterocycles. The van der Waals surface area contributed by atoms with Crippen LogP contribution in [-0.2, 0) is 27.3 Å². The Balaban J connectivity index is 1.31. The normalized spacial score (nSPS) is 18.4. The van der Waals surface area contributed by atoms with E-state index in [4.69, 9.17) is 9.72 Å². The monoisotopic (exact) mass is 470 g/mol. The number of hydrogen-bond acceptors (Lipinski definition) is 7. The van der Waals surface area contributed by atoms with Gasteiger partial charge in [-0.05, 0) is 38.4 Å². The summed E-state index contributed by atoms with van der Waals surface area (Å²) >= 11 is 1.59. The highest BCUT2D eigenvalue weighted by atomic mass is 32.1. The maximum atomic E-state index is 12.8. The summed E-state index contributed by atoms with van der Waals surface area (Å²) in [6, 6.07) is 8.60. The van der Waals surface area contributed by atoms with Crippen LogP contribution in [0, 0.1) is 5.92 Å². The molecule has 1 aromatic carbocycles. The number of piperazine rings is 1. The van der Waals surface area contributed by atoms with Crippen molar-refractivity contribution in [2.24, 2.45) is 5.92 Å². The van der Waals surface area contributed by atoms with Gasteiger partial charge in [-0.25, -0.2) is 4.98 Å². The third-order valence-corrected chi connectivity index (χ3v) is 7.47. The van der Waals surface area contributed by atoms with E-state index < -0.39 is 0 Å². The second kappa shape index (κ2) is 11.2. The molecule has 33 heavy (non-hydrogen) atoms. The predicted molar refractivity (Wildman–Crippen MR) is 130 cm³/mol. The number of thiazole rings is 1. The number of piperidine rings is 1. The molecule has 0 spiro atoms. The molecule has 0 bridgehead atoms. The Kier molecular flexibility index (Phi) is 8.11. The number of rotatable bonds is 7. The Morgan fingerprint density at radius 2 is 1.88 bits per heavy atom. The van der Waals surface area contributed by atoms with Gasteiger partial charge < -0.3 is 14.5 Å². The highest BCUT2D eigenvalue weighted by Gasteiger charge is 2.28. The molecule has 0 saturated carbocycles. The molecule has 3 heterocycles. The minimum atomic E-state index is -0.136. The van der Waals surface area contributed by atoms with Gasteiger partial charge in [0, 0.05) is 56.8 Å². The van der Waals surface area contributed by atoms with Crippen LogP contribution in [0.15, 0.2) is 29.6 Å². The zero-order valence-electron chi connectivity index (χ0n) is 19.7. The molecule has 0 N–H and O–H groups in total. The van der Waals surface area contributed by atoms with Gasteiger partial charge in [-0.3, -0.25) is 14.5 Å². The standard InChI is InChI=1S/C25H34N4O3S/c1-3-32-25(31)20-7-9-29(10-8-20)23(30)16-22-18-33-24(26-22)21-6-4-5-19(15-21)17-28-13-11-27(2)12-14-28/h4-6,15,18,20H,3,7-14,16-17H2,1-2H3. The average molecular weight is 471 g/mol. The number of amides is 1. The number of nitrogens with zero attached hydrogens (tertiary/aromatic N) is 4. The lowest BCUT2D eigenvalue weighted by Gasteiger charge is -2.32. The first-order chi connectivity index (χ1) is 16.0. The van der Waals surface area contributed by atoms with Gasteiger partial charge in [0.05, 0.1) is 24.6 Å². The zero-order chi connectivity index (χ0) is 23.2. The van der Waals surface area contributed by atoms with E-state index in [1.165, 1.54) is 5.56 Å². The van der Waals surface area contributed by atoms with Crippen molar-refractivity contribution in [2.75, 3.05) is 52.9 Å². The molecular formula is C25H34N4O3S. The molecule has 178 valence electrons. The fourth-order valence-electron chi connectivity index (χ4n) is 4.48. The quantitative estimate of drug-likeness (QED) is 0.580. The third kappa shape index (κ3) is 6.40. The number of hydrogen-bond donors (Lipinski definition) is 0. The van der Waals surface area contributed by atoms with Crippen LogP contribution in [0.4, 0.5) is 0 Å². The maximum Gasteiger partial charge on any atom is 0.309 e. The van der Waals surface area contributed by atoms with Crippen LogP contribution in [0.5, 0.6) is 0 Å². The second-order valence-corrected chi connectivity index (χ2v) is 9.87. The van der Waals surface area contributed by atoms with E-state index in [0.717, 1.165) is 49.0 Å². The molecule has 0 atom stereocenters. The molecule has 4 rings (SSSR count). The summed E-state index contributed by atoms with van der Waals surface area (Å²) in [6.07, 6.45) is 1.65. The average Bonchev–Trinajstić information content (AvgIpc) is 3.29. The number of benzene rings is 1. The third-order valence-electron chi connectivity index (χ3n) is 6.53. The van der Waals surface area contributed by atoms with Gasteiger partial charge in [0.2, 0.25) is 5.91 Å². The lowest BCUT2D eigenvalue weighted by Crippen LogP contribution is -2.43. The van der Waals surface area contributed by atoms with Crippen LogP contribution >= 0.6 is 11.3 Å². The minimum absolute atomic E-state index is 0.0815.